The van der Waals surface area contributed by atoms with Crippen LogP contribution in [-0.4, -0.2) is 6.29 Å². The van der Waals surface area contributed by atoms with Gasteiger partial charge in [-0.3, -0.25) is 4.79 Å². The van der Waals surface area contributed by atoms with Crippen LogP contribution in [0.5, 0.6) is 0 Å². The molecule has 0 spiro atoms. The molecule has 0 saturated carbocycles. The molecule has 0 saturated heterocycles. The smallest absolute Gasteiger partial charge is 0.146 e. The molecule has 60 valence electrons. The van der Waals surface area contributed by atoms with Crippen molar-refractivity contribution in [3.8, 4) is 0 Å². The van der Waals surface area contributed by atoms with Crippen LogP contribution >= 0.6 is 0 Å². The standard InChI is InChI=1S/C10H14O/c1-3-9-5-4-8(2)10(6-9)7-11/h4-5,7,9H,3,6H2,1-2H3. The number of rotatable bonds is 2. The molecule has 0 aromatic rings. The Morgan fingerprint density at radius 3 is 3.00 bits per heavy atom. The van der Waals surface area contributed by atoms with Crippen molar-refractivity contribution in [1.82, 2.24) is 0 Å². The molecule has 0 radical (unpaired) electrons. The molecule has 1 aliphatic rings. The molecule has 0 heterocycles. The maximum Gasteiger partial charge on any atom is 0.146 e. The molecule has 11 heavy (non-hydrogen) atoms. The van der Waals surface area contributed by atoms with Crippen molar-refractivity contribution in [1.29, 1.82) is 0 Å². The summed E-state index contributed by atoms with van der Waals surface area (Å²) in [6.07, 6.45) is 7.30. The zero-order valence-electron chi connectivity index (χ0n) is 7.13. The second-order valence-corrected chi connectivity index (χ2v) is 3.06. The Bertz CT molecular complexity index is 211. The first kappa shape index (κ1) is 8.25. The lowest BCUT2D eigenvalue weighted by Crippen LogP contribution is -2.04. The van der Waals surface area contributed by atoms with Gasteiger partial charge in [0.25, 0.3) is 0 Å². The number of allylic oxidation sites excluding steroid dienone is 4. The van der Waals surface area contributed by atoms with Crippen molar-refractivity contribution < 1.29 is 4.79 Å². The molecular formula is C10H14O. The molecule has 0 aromatic carbocycles. The molecule has 1 rings (SSSR count). The zero-order chi connectivity index (χ0) is 8.27. The van der Waals surface area contributed by atoms with Gasteiger partial charge in [-0.2, -0.15) is 0 Å². The van der Waals surface area contributed by atoms with Gasteiger partial charge in [-0.1, -0.05) is 19.1 Å². The van der Waals surface area contributed by atoms with E-state index in [0.717, 1.165) is 30.3 Å². The molecular weight excluding hydrogens is 136 g/mol. The quantitative estimate of drug-likeness (QED) is 0.553. The van der Waals surface area contributed by atoms with E-state index in [9.17, 15) is 4.79 Å². The predicted molar refractivity (Wildman–Crippen MR) is 46.3 cm³/mol. The fourth-order valence-corrected chi connectivity index (χ4v) is 1.32. The Kier molecular flexibility index (Phi) is 2.64. The minimum atomic E-state index is 0.582. The van der Waals surface area contributed by atoms with Crippen molar-refractivity contribution in [3.05, 3.63) is 23.3 Å². The van der Waals surface area contributed by atoms with Crippen molar-refractivity contribution in [2.24, 2.45) is 5.92 Å². The molecule has 0 aliphatic heterocycles. The lowest BCUT2D eigenvalue weighted by atomic mass is 9.89. The Morgan fingerprint density at radius 1 is 1.73 bits per heavy atom. The van der Waals surface area contributed by atoms with Gasteiger partial charge in [0, 0.05) is 0 Å². The molecule has 0 aromatic heterocycles. The third kappa shape index (κ3) is 1.79. The van der Waals surface area contributed by atoms with E-state index in [4.69, 9.17) is 0 Å². The van der Waals surface area contributed by atoms with Gasteiger partial charge in [0.2, 0.25) is 0 Å². The Morgan fingerprint density at radius 2 is 2.45 bits per heavy atom. The summed E-state index contributed by atoms with van der Waals surface area (Å²) >= 11 is 0. The maximum absolute atomic E-state index is 10.5. The normalized spacial score (nSPS) is 24.0. The van der Waals surface area contributed by atoms with Crippen molar-refractivity contribution in [2.45, 2.75) is 26.7 Å². The van der Waals surface area contributed by atoms with Crippen LogP contribution in [0.25, 0.3) is 0 Å². The highest BCUT2D eigenvalue weighted by molar-refractivity contribution is 5.76. The summed E-state index contributed by atoms with van der Waals surface area (Å²) in [5.41, 5.74) is 2.10. The second-order valence-electron chi connectivity index (χ2n) is 3.06. The average molecular weight is 150 g/mol. The fraction of sp³-hybridized carbons (Fsp3) is 0.500. The molecule has 1 unspecified atom stereocenters. The average Bonchev–Trinajstić information content (AvgIpc) is 2.05. The second kappa shape index (κ2) is 3.51. The Hall–Kier alpha value is -0.850. The molecule has 1 aliphatic carbocycles. The zero-order valence-corrected chi connectivity index (χ0v) is 7.13. The number of aldehydes is 1. The van der Waals surface area contributed by atoms with Crippen LogP contribution in [0.4, 0.5) is 0 Å². The van der Waals surface area contributed by atoms with Crippen molar-refractivity contribution in [2.75, 3.05) is 0 Å². The lowest BCUT2D eigenvalue weighted by Gasteiger charge is -2.15. The van der Waals surface area contributed by atoms with E-state index in [1.807, 2.05) is 6.92 Å². The van der Waals surface area contributed by atoms with Gasteiger partial charge in [0.05, 0.1) is 0 Å². The summed E-state index contributed by atoms with van der Waals surface area (Å²) in [6.45, 7) is 4.14. The van der Waals surface area contributed by atoms with E-state index < -0.39 is 0 Å². The maximum atomic E-state index is 10.5. The molecule has 0 bridgehead atoms. The summed E-state index contributed by atoms with van der Waals surface area (Å²) in [7, 11) is 0. The molecule has 0 amide bonds. The molecule has 1 heteroatoms. The minimum Gasteiger partial charge on any atom is -0.298 e. The largest absolute Gasteiger partial charge is 0.298 e. The summed E-state index contributed by atoms with van der Waals surface area (Å²) in [6, 6.07) is 0. The first-order valence-corrected chi connectivity index (χ1v) is 4.11. The highest BCUT2D eigenvalue weighted by Crippen LogP contribution is 2.23. The van der Waals surface area contributed by atoms with Gasteiger partial charge in [-0.15, -0.1) is 0 Å². The fourth-order valence-electron chi connectivity index (χ4n) is 1.32. The van der Waals surface area contributed by atoms with E-state index in [1.165, 1.54) is 0 Å². The number of carbonyl (C=O) groups is 1. The number of hydrogen-bond donors (Lipinski definition) is 0. The number of carbonyl (C=O) groups excluding carboxylic acids is 1. The monoisotopic (exact) mass is 150 g/mol. The van der Waals surface area contributed by atoms with Crippen LogP contribution in [0.1, 0.15) is 26.7 Å². The minimum absolute atomic E-state index is 0.582. The van der Waals surface area contributed by atoms with Crippen molar-refractivity contribution >= 4 is 6.29 Å². The Balaban J connectivity index is 2.75. The summed E-state index contributed by atoms with van der Waals surface area (Å²) < 4.78 is 0. The van der Waals surface area contributed by atoms with Crippen molar-refractivity contribution in [3.63, 3.8) is 0 Å². The lowest BCUT2D eigenvalue weighted by molar-refractivity contribution is -0.105. The number of hydrogen-bond acceptors (Lipinski definition) is 1. The van der Waals surface area contributed by atoms with Gasteiger partial charge >= 0.3 is 0 Å². The van der Waals surface area contributed by atoms with E-state index in [0.29, 0.717) is 5.92 Å². The molecule has 1 atom stereocenters. The summed E-state index contributed by atoms with van der Waals surface area (Å²) in [4.78, 5) is 10.5. The highest BCUT2D eigenvalue weighted by Gasteiger charge is 2.11. The topological polar surface area (TPSA) is 17.1 Å². The van der Waals surface area contributed by atoms with Gasteiger partial charge in [0.1, 0.15) is 6.29 Å². The Labute approximate surface area is 67.8 Å². The third-order valence-corrected chi connectivity index (χ3v) is 2.27. The highest BCUT2D eigenvalue weighted by atomic mass is 16.1. The van der Waals surface area contributed by atoms with Crippen LogP contribution < -0.4 is 0 Å². The van der Waals surface area contributed by atoms with Gasteiger partial charge in [-0.05, 0) is 36.8 Å². The summed E-state index contributed by atoms with van der Waals surface area (Å²) in [5.74, 6) is 0.582. The molecule has 1 nitrogen and oxygen atoms in total. The van der Waals surface area contributed by atoms with E-state index >= 15 is 0 Å². The first-order chi connectivity index (χ1) is 5.27. The molecule has 0 fully saturated rings. The predicted octanol–water partition coefficient (Wildman–Crippen LogP) is 2.49. The van der Waals surface area contributed by atoms with Crippen LogP contribution in [0, 0.1) is 5.92 Å². The van der Waals surface area contributed by atoms with Crippen LogP contribution in [0.2, 0.25) is 0 Å². The SMILES string of the molecule is CCC1C=CC(C)=C(C=O)C1. The van der Waals surface area contributed by atoms with Crippen LogP contribution in [0.3, 0.4) is 0 Å². The van der Waals surface area contributed by atoms with E-state index in [-0.39, 0.29) is 0 Å². The van der Waals surface area contributed by atoms with Gasteiger partial charge < -0.3 is 0 Å². The van der Waals surface area contributed by atoms with E-state index in [2.05, 4.69) is 19.1 Å². The van der Waals surface area contributed by atoms with E-state index in [1.54, 1.807) is 0 Å². The summed E-state index contributed by atoms with van der Waals surface area (Å²) in [5, 5.41) is 0. The third-order valence-electron chi connectivity index (χ3n) is 2.27. The van der Waals surface area contributed by atoms with Gasteiger partial charge in [0.15, 0.2) is 0 Å². The molecule has 0 N–H and O–H groups in total. The first-order valence-electron chi connectivity index (χ1n) is 4.11. The van der Waals surface area contributed by atoms with Crippen LogP contribution in [-0.2, 0) is 4.79 Å². The van der Waals surface area contributed by atoms with Crippen LogP contribution in [0.15, 0.2) is 23.3 Å². The van der Waals surface area contributed by atoms with Gasteiger partial charge in [-0.25, -0.2) is 0 Å².